The molecule has 0 aliphatic heterocycles. The van der Waals surface area contributed by atoms with Crippen LogP contribution in [0.15, 0.2) is 72.8 Å². The van der Waals surface area contributed by atoms with Crippen LogP contribution in [0.25, 0.3) is 58.4 Å². The average molecular weight is 480 g/mol. The summed E-state index contributed by atoms with van der Waals surface area (Å²) in [5, 5.41) is 58.0. The Morgan fingerprint density at radius 1 is 0.514 bits per heavy atom. The van der Waals surface area contributed by atoms with Crippen LogP contribution in [0.4, 0.5) is 0 Å². The first-order chi connectivity index (χ1) is 17.0. The normalized spacial score (nSPS) is 12.0. The second kappa shape index (κ2) is 6.71. The zero-order valence-electron chi connectivity index (χ0n) is 18.0. The summed E-state index contributed by atoms with van der Waals surface area (Å²) in [5.41, 5.74) is 1.10. The number of hydrogen-bond acceptors (Lipinski definition) is 6. The molecule has 7 rings (SSSR count). The first-order valence-corrected chi connectivity index (χ1v) is 11.7. The molecular formula is C28H17NO5S. The van der Waals surface area contributed by atoms with Crippen molar-refractivity contribution in [3.63, 3.8) is 0 Å². The fourth-order valence-corrected chi connectivity index (χ4v) is 6.33. The summed E-state index contributed by atoms with van der Waals surface area (Å²) in [6.45, 7) is 0. The molecule has 7 aromatic rings. The number of phenolic OH excluding ortho intramolecular Hbond substituents is 5. The van der Waals surface area contributed by atoms with Gasteiger partial charge in [0.15, 0.2) is 11.5 Å². The van der Waals surface area contributed by atoms with Gasteiger partial charge in [0.1, 0.15) is 5.69 Å². The van der Waals surface area contributed by atoms with Crippen LogP contribution < -0.4 is 0 Å². The molecule has 0 atom stereocenters. The Bertz CT molecular complexity index is 1990. The maximum Gasteiger partial charge on any atom is 0.208 e. The number of nitrogens with zero attached hydrogens (tertiary/aromatic N) is 1. The van der Waals surface area contributed by atoms with Gasteiger partial charge in [0, 0.05) is 36.3 Å². The predicted molar refractivity (Wildman–Crippen MR) is 139 cm³/mol. The summed E-state index contributed by atoms with van der Waals surface area (Å²) in [5.74, 6) is -4.27. The standard InChI is InChI=1S/C28H17NO5S/c30-23-22(24(31)26(33)27(34)25(23)32)29-19-7-3-1-5-14(19)18-11-13-9-10-16-15-6-2-4-8-21(15)35-28(16)17(13)12-20(18)29/h1-12,30-34H. The molecule has 0 bridgehead atoms. The molecule has 5 aromatic carbocycles. The molecule has 170 valence electrons. The van der Waals surface area contributed by atoms with Crippen molar-refractivity contribution in [2.45, 2.75) is 0 Å². The highest BCUT2D eigenvalue weighted by Crippen LogP contribution is 2.54. The number of benzene rings is 5. The van der Waals surface area contributed by atoms with Crippen molar-refractivity contribution < 1.29 is 25.5 Å². The van der Waals surface area contributed by atoms with Gasteiger partial charge < -0.3 is 30.1 Å². The van der Waals surface area contributed by atoms with E-state index in [1.165, 1.54) is 10.1 Å². The van der Waals surface area contributed by atoms with Crippen molar-refractivity contribution in [2.75, 3.05) is 0 Å². The SMILES string of the molecule is Oc1c(O)c(O)c(-n2c3ccccc3c3cc4ccc5c6ccccc6sc5c4cc32)c(O)c1O. The number of aromatic nitrogens is 1. The lowest BCUT2D eigenvalue weighted by molar-refractivity contribution is 0.327. The lowest BCUT2D eigenvalue weighted by atomic mass is 10.0. The van der Waals surface area contributed by atoms with E-state index in [1.54, 1.807) is 15.9 Å². The van der Waals surface area contributed by atoms with Gasteiger partial charge in [-0.25, -0.2) is 0 Å². The predicted octanol–water partition coefficient (Wildman–Crippen LogP) is 6.83. The Balaban J connectivity index is 1.71. The molecule has 0 amide bonds. The van der Waals surface area contributed by atoms with Crippen LogP contribution in [0.5, 0.6) is 28.7 Å². The van der Waals surface area contributed by atoms with Crippen LogP contribution in [-0.2, 0) is 0 Å². The van der Waals surface area contributed by atoms with Crippen molar-refractivity contribution in [2.24, 2.45) is 0 Å². The third kappa shape index (κ3) is 2.47. The van der Waals surface area contributed by atoms with Crippen LogP contribution in [0.2, 0.25) is 0 Å². The van der Waals surface area contributed by atoms with E-state index in [4.69, 9.17) is 0 Å². The van der Waals surface area contributed by atoms with Crippen LogP contribution in [0.1, 0.15) is 0 Å². The highest BCUT2D eigenvalue weighted by molar-refractivity contribution is 7.26. The molecule has 2 heterocycles. The number of hydrogen-bond donors (Lipinski definition) is 5. The van der Waals surface area contributed by atoms with E-state index in [9.17, 15) is 25.5 Å². The van der Waals surface area contributed by atoms with E-state index in [1.807, 2.05) is 42.5 Å². The van der Waals surface area contributed by atoms with E-state index in [0.29, 0.717) is 11.0 Å². The smallest absolute Gasteiger partial charge is 0.208 e. The summed E-state index contributed by atoms with van der Waals surface area (Å²) in [6.07, 6.45) is 0. The number of thiophene rings is 1. The van der Waals surface area contributed by atoms with Crippen molar-refractivity contribution in [1.29, 1.82) is 0 Å². The minimum atomic E-state index is -0.984. The van der Waals surface area contributed by atoms with Gasteiger partial charge in [-0.1, -0.05) is 48.5 Å². The minimum Gasteiger partial charge on any atom is -0.503 e. The molecule has 6 nitrogen and oxygen atoms in total. The Labute approximate surface area is 201 Å². The van der Waals surface area contributed by atoms with Gasteiger partial charge in [0.2, 0.25) is 17.2 Å². The van der Waals surface area contributed by atoms with E-state index in [0.717, 1.165) is 31.6 Å². The molecule has 0 unspecified atom stereocenters. The molecule has 0 fully saturated rings. The van der Waals surface area contributed by atoms with Crippen molar-refractivity contribution in [3.05, 3.63) is 72.8 Å². The summed E-state index contributed by atoms with van der Waals surface area (Å²) in [4.78, 5) is 0. The van der Waals surface area contributed by atoms with Gasteiger partial charge in [0.05, 0.1) is 11.0 Å². The monoisotopic (exact) mass is 479 g/mol. The van der Waals surface area contributed by atoms with Crippen molar-refractivity contribution in [1.82, 2.24) is 4.57 Å². The molecule has 0 spiro atoms. The molecule has 7 heteroatoms. The molecule has 0 saturated heterocycles. The molecule has 2 aromatic heterocycles. The number of aromatic hydroxyl groups is 5. The van der Waals surface area contributed by atoms with Crippen molar-refractivity contribution >= 4 is 64.1 Å². The number of para-hydroxylation sites is 1. The fourth-order valence-electron chi connectivity index (χ4n) is 5.10. The summed E-state index contributed by atoms with van der Waals surface area (Å²) in [6, 6.07) is 24.0. The van der Waals surface area contributed by atoms with Gasteiger partial charge in [-0.3, -0.25) is 0 Å². The summed E-state index contributed by atoms with van der Waals surface area (Å²) < 4.78 is 3.89. The zero-order valence-corrected chi connectivity index (χ0v) is 18.8. The third-order valence-electron chi connectivity index (χ3n) is 6.72. The Morgan fingerprint density at radius 2 is 1.17 bits per heavy atom. The number of phenols is 5. The quantitative estimate of drug-likeness (QED) is 0.131. The van der Waals surface area contributed by atoms with E-state index < -0.39 is 28.7 Å². The lowest BCUT2D eigenvalue weighted by Gasteiger charge is -2.15. The highest BCUT2D eigenvalue weighted by atomic mass is 32.1. The second-order valence-corrected chi connectivity index (χ2v) is 9.63. The second-order valence-electron chi connectivity index (χ2n) is 8.58. The minimum absolute atomic E-state index is 0.216. The lowest BCUT2D eigenvalue weighted by Crippen LogP contribution is -1.96. The molecule has 35 heavy (non-hydrogen) atoms. The molecule has 0 radical (unpaired) electrons. The molecule has 0 aliphatic rings. The van der Waals surface area contributed by atoms with Gasteiger partial charge in [-0.15, -0.1) is 11.3 Å². The number of fused-ring (bicyclic) bond motifs is 8. The van der Waals surface area contributed by atoms with Crippen LogP contribution in [-0.4, -0.2) is 30.1 Å². The van der Waals surface area contributed by atoms with Crippen LogP contribution >= 0.6 is 11.3 Å². The maximum absolute atomic E-state index is 10.8. The molecule has 0 saturated carbocycles. The summed E-state index contributed by atoms with van der Waals surface area (Å²) >= 11 is 1.70. The van der Waals surface area contributed by atoms with Gasteiger partial charge >= 0.3 is 0 Å². The molecule has 0 aliphatic carbocycles. The zero-order chi connectivity index (χ0) is 24.0. The van der Waals surface area contributed by atoms with Crippen LogP contribution in [0, 0.1) is 0 Å². The first kappa shape index (κ1) is 19.8. The first-order valence-electron chi connectivity index (χ1n) is 10.9. The Kier molecular flexibility index (Phi) is 3.80. The van der Waals surface area contributed by atoms with E-state index >= 15 is 0 Å². The van der Waals surface area contributed by atoms with Crippen LogP contribution in [0.3, 0.4) is 0 Å². The fraction of sp³-hybridized carbons (Fsp3) is 0. The third-order valence-corrected chi connectivity index (χ3v) is 7.94. The molecule has 5 N–H and O–H groups in total. The Hall–Kier alpha value is -4.62. The maximum atomic E-state index is 10.8. The highest BCUT2D eigenvalue weighted by Gasteiger charge is 2.27. The van der Waals surface area contributed by atoms with E-state index in [2.05, 4.69) is 30.3 Å². The number of rotatable bonds is 1. The average Bonchev–Trinajstić information content (AvgIpc) is 3.41. The topological polar surface area (TPSA) is 106 Å². The van der Waals surface area contributed by atoms with E-state index in [-0.39, 0.29) is 5.69 Å². The van der Waals surface area contributed by atoms with Gasteiger partial charge in [-0.2, -0.15) is 0 Å². The van der Waals surface area contributed by atoms with Gasteiger partial charge in [-0.05, 0) is 29.7 Å². The molecular weight excluding hydrogens is 462 g/mol. The van der Waals surface area contributed by atoms with Crippen molar-refractivity contribution in [3.8, 4) is 34.4 Å². The Morgan fingerprint density at radius 3 is 1.94 bits per heavy atom. The summed E-state index contributed by atoms with van der Waals surface area (Å²) in [7, 11) is 0. The van der Waals surface area contributed by atoms with Gasteiger partial charge in [0.25, 0.3) is 0 Å². The largest absolute Gasteiger partial charge is 0.503 e.